The van der Waals surface area contributed by atoms with Gasteiger partial charge < -0.3 is 0 Å². The van der Waals surface area contributed by atoms with E-state index in [1.165, 1.54) is 0 Å². The molecule has 0 saturated carbocycles. The Morgan fingerprint density at radius 3 is 3.21 bits per heavy atom. The Morgan fingerprint density at radius 1 is 1.64 bits per heavy atom. The van der Waals surface area contributed by atoms with Crippen molar-refractivity contribution in [1.29, 1.82) is 0 Å². The quantitative estimate of drug-likeness (QED) is 0.734. The second-order valence-electron chi connectivity index (χ2n) is 3.37. The molecule has 0 amide bonds. The van der Waals surface area contributed by atoms with Crippen LogP contribution in [0.2, 0.25) is 0 Å². The summed E-state index contributed by atoms with van der Waals surface area (Å²) < 4.78 is 2.06. The molecule has 0 aliphatic rings. The van der Waals surface area contributed by atoms with Crippen molar-refractivity contribution in [1.82, 2.24) is 9.38 Å². The van der Waals surface area contributed by atoms with E-state index in [4.69, 9.17) is 11.6 Å². The molecular weight excluding hydrogens is 216 g/mol. The van der Waals surface area contributed by atoms with Gasteiger partial charge in [0.1, 0.15) is 0 Å². The smallest absolute Gasteiger partial charge is 0.193 e. The lowest BCUT2D eigenvalue weighted by atomic mass is 10.2. The Labute approximate surface area is 92.5 Å². The first-order valence-electron chi connectivity index (χ1n) is 4.84. The SMILES string of the molecule is CCC(Cl)CCc1cn2ccsc2n1. The minimum absolute atomic E-state index is 0.287. The number of fused-ring (bicyclic) bond motifs is 1. The molecule has 2 heterocycles. The molecule has 0 radical (unpaired) electrons. The Bertz CT molecular complexity index is 378. The third-order valence-corrected chi connectivity index (χ3v) is 3.60. The van der Waals surface area contributed by atoms with Gasteiger partial charge in [0.05, 0.1) is 5.69 Å². The number of rotatable bonds is 4. The molecule has 1 atom stereocenters. The topological polar surface area (TPSA) is 17.3 Å². The zero-order valence-electron chi connectivity index (χ0n) is 8.11. The van der Waals surface area contributed by atoms with Crippen LogP contribution >= 0.6 is 22.9 Å². The summed E-state index contributed by atoms with van der Waals surface area (Å²) in [5.74, 6) is 0. The Balaban J connectivity index is 2.01. The van der Waals surface area contributed by atoms with E-state index in [1.807, 2.05) is 11.6 Å². The summed E-state index contributed by atoms with van der Waals surface area (Å²) in [6.45, 7) is 2.11. The van der Waals surface area contributed by atoms with Gasteiger partial charge in [0.15, 0.2) is 4.96 Å². The van der Waals surface area contributed by atoms with Crippen LogP contribution in [0.15, 0.2) is 17.8 Å². The molecule has 0 bridgehead atoms. The number of hydrogen-bond acceptors (Lipinski definition) is 2. The van der Waals surface area contributed by atoms with Crippen LogP contribution in [-0.2, 0) is 6.42 Å². The average molecular weight is 229 g/mol. The van der Waals surface area contributed by atoms with Crippen molar-refractivity contribution in [3.05, 3.63) is 23.5 Å². The van der Waals surface area contributed by atoms with Crippen molar-refractivity contribution in [2.45, 2.75) is 31.6 Å². The highest BCUT2D eigenvalue weighted by Gasteiger charge is 2.05. The van der Waals surface area contributed by atoms with Crippen LogP contribution < -0.4 is 0 Å². The predicted molar refractivity (Wildman–Crippen MR) is 61.3 cm³/mol. The van der Waals surface area contributed by atoms with Gasteiger partial charge in [-0.3, -0.25) is 4.40 Å². The highest BCUT2D eigenvalue weighted by Crippen LogP contribution is 2.15. The first kappa shape index (κ1) is 9.99. The Kier molecular flexibility index (Phi) is 3.08. The lowest BCUT2D eigenvalue weighted by Crippen LogP contribution is -1.98. The molecule has 2 aromatic rings. The molecule has 0 aliphatic carbocycles. The van der Waals surface area contributed by atoms with Gasteiger partial charge in [-0.15, -0.1) is 22.9 Å². The summed E-state index contributed by atoms with van der Waals surface area (Å²) in [6.07, 6.45) is 7.16. The summed E-state index contributed by atoms with van der Waals surface area (Å²) in [5.41, 5.74) is 1.15. The largest absolute Gasteiger partial charge is 0.297 e. The fourth-order valence-electron chi connectivity index (χ4n) is 1.41. The summed E-state index contributed by atoms with van der Waals surface area (Å²) >= 11 is 7.72. The molecule has 76 valence electrons. The molecular formula is C10H13ClN2S. The number of aromatic nitrogens is 2. The molecule has 0 aromatic carbocycles. The number of alkyl halides is 1. The van der Waals surface area contributed by atoms with E-state index in [9.17, 15) is 0 Å². The highest BCUT2D eigenvalue weighted by molar-refractivity contribution is 7.15. The fraction of sp³-hybridized carbons (Fsp3) is 0.500. The van der Waals surface area contributed by atoms with Crippen molar-refractivity contribution in [2.24, 2.45) is 0 Å². The Hall–Kier alpha value is -0.540. The highest BCUT2D eigenvalue weighted by atomic mass is 35.5. The third kappa shape index (κ3) is 2.10. The van der Waals surface area contributed by atoms with E-state index in [0.717, 1.165) is 29.9 Å². The molecule has 0 fully saturated rings. The molecule has 0 spiro atoms. The van der Waals surface area contributed by atoms with E-state index in [1.54, 1.807) is 11.3 Å². The second-order valence-corrected chi connectivity index (χ2v) is 4.86. The molecule has 0 aliphatic heterocycles. The third-order valence-electron chi connectivity index (χ3n) is 2.30. The van der Waals surface area contributed by atoms with Crippen LogP contribution in [0.4, 0.5) is 0 Å². The van der Waals surface area contributed by atoms with E-state index < -0.39 is 0 Å². The van der Waals surface area contributed by atoms with Crippen LogP contribution in [0.3, 0.4) is 0 Å². The molecule has 2 nitrogen and oxygen atoms in total. The van der Waals surface area contributed by atoms with E-state index in [0.29, 0.717) is 0 Å². The molecule has 2 aromatic heterocycles. The molecule has 14 heavy (non-hydrogen) atoms. The minimum atomic E-state index is 0.287. The van der Waals surface area contributed by atoms with Crippen LogP contribution in [-0.4, -0.2) is 14.8 Å². The number of halogens is 1. The maximum atomic E-state index is 6.06. The number of thiazole rings is 1. The fourth-order valence-corrected chi connectivity index (χ4v) is 2.23. The maximum absolute atomic E-state index is 6.06. The minimum Gasteiger partial charge on any atom is -0.297 e. The predicted octanol–water partition coefficient (Wildman–Crippen LogP) is 3.35. The van der Waals surface area contributed by atoms with Crippen LogP contribution in [0.5, 0.6) is 0 Å². The lowest BCUT2D eigenvalue weighted by molar-refractivity contribution is 0.719. The first-order valence-corrected chi connectivity index (χ1v) is 6.16. The molecule has 0 N–H and O–H groups in total. The lowest BCUT2D eigenvalue weighted by Gasteiger charge is -2.02. The maximum Gasteiger partial charge on any atom is 0.193 e. The summed E-state index contributed by atoms with van der Waals surface area (Å²) in [5, 5.41) is 2.33. The van der Waals surface area contributed by atoms with Gasteiger partial charge >= 0.3 is 0 Å². The number of hydrogen-bond donors (Lipinski definition) is 0. The van der Waals surface area contributed by atoms with Crippen molar-refractivity contribution in [3.63, 3.8) is 0 Å². The van der Waals surface area contributed by atoms with E-state index >= 15 is 0 Å². The monoisotopic (exact) mass is 228 g/mol. The second kappa shape index (κ2) is 4.32. The molecule has 2 rings (SSSR count). The van der Waals surface area contributed by atoms with Gasteiger partial charge in [-0.1, -0.05) is 6.92 Å². The van der Waals surface area contributed by atoms with Gasteiger partial charge in [-0.25, -0.2) is 4.98 Å². The van der Waals surface area contributed by atoms with Crippen molar-refractivity contribution in [3.8, 4) is 0 Å². The zero-order chi connectivity index (χ0) is 9.97. The molecule has 1 unspecified atom stereocenters. The zero-order valence-corrected chi connectivity index (χ0v) is 9.68. The van der Waals surface area contributed by atoms with Crippen molar-refractivity contribution >= 4 is 27.9 Å². The number of imidazole rings is 1. The first-order chi connectivity index (χ1) is 6.79. The van der Waals surface area contributed by atoms with Gasteiger partial charge in [0, 0.05) is 23.2 Å². The van der Waals surface area contributed by atoms with Crippen molar-refractivity contribution in [2.75, 3.05) is 0 Å². The number of nitrogens with zero attached hydrogens (tertiary/aromatic N) is 2. The average Bonchev–Trinajstić information content (AvgIpc) is 2.73. The summed E-state index contributed by atoms with van der Waals surface area (Å²) in [7, 11) is 0. The normalized spacial score (nSPS) is 13.6. The molecule has 4 heteroatoms. The van der Waals surface area contributed by atoms with Gasteiger partial charge in [0.25, 0.3) is 0 Å². The van der Waals surface area contributed by atoms with Crippen LogP contribution in [0.25, 0.3) is 4.96 Å². The van der Waals surface area contributed by atoms with Crippen LogP contribution in [0.1, 0.15) is 25.5 Å². The summed E-state index contributed by atoms with van der Waals surface area (Å²) in [6, 6.07) is 0. The van der Waals surface area contributed by atoms with E-state index in [2.05, 4.69) is 22.5 Å². The molecule has 0 saturated heterocycles. The van der Waals surface area contributed by atoms with Gasteiger partial charge in [0.2, 0.25) is 0 Å². The standard InChI is InChI=1S/C10H13ClN2S/c1-2-8(11)3-4-9-7-13-5-6-14-10(13)12-9/h5-8H,2-4H2,1H3. The summed E-state index contributed by atoms with van der Waals surface area (Å²) in [4.78, 5) is 5.57. The van der Waals surface area contributed by atoms with E-state index in [-0.39, 0.29) is 5.38 Å². The van der Waals surface area contributed by atoms with Gasteiger partial charge in [-0.05, 0) is 19.3 Å². The van der Waals surface area contributed by atoms with Gasteiger partial charge in [-0.2, -0.15) is 0 Å². The number of aryl methyl sites for hydroxylation is 1. The van der Waals surface area contributed by atoms with Crippen molar-refractivity contribution < 1.29 is 0 Å². The van der Waals surface area contributed by atoms with Crippen LogP contribution in [0, 0.1) is 0 Å². The Morgan fingerprint density at radius 2 is 2.50 bits per heavy atom.